The van der Waals surface area contributed by atoms with Crippen molar-refractivity contribution in [3.8, 4) is 0 Å². The Kier molecular flexibility index (Phi) is 10.6. The normalized spacial score (nSPS) is 22.1. The van der Waals surface area contributed by atoms with Crippen LogP contribution in [-0.2, 0) is 12.0 Å². The average Bonchev–Trinajstić information content (AvgIpc) is 3.45. The van der Waals surface area contributed by atoms with Crippen LogP contribution < -0.4 is 10.2 Å². The number of hydrogen-bond acceptors (Lipinski definition) is 5. The van der Waals surface area contributed by atoms with E-state index in [0.29, 0.717) is 11.8 Å². The molecule has 5 nitrogen and oxygen atoms in total. The molecule has 2 heterocycles. The molecular formula is C37H53FN4O. The van der Waals surface area contributed by atoms with Gasteiger partial charge in [0.05, 0.1) is 6.04 Å². The summed E-state index contributed by atoms with van der Waals surface area (Å²) in [5.41, 5.74) is 3.37. The molecule has 2 unspecified atom stereocenters. The zero-order valence-electron chi connectivity index (χ0n) is 27.1. The summed E-state index contributed by atoms with van der Waals surface area (Å²) in [7, 11) is 2.04. The molecule has 0 bridgehead atoms. The Bertz CT molecular complexity index is 1260. The summed E-state index contributed by atoms with van der Waals surface area (Å²) >= 11 is 0. The van der Waals surface area contributed by atoms with E-state index in [1.165, 1.54) is 36.8 Å². The lowest BCUT2D eigenvalue weighted by Crippen LogP contribution is -2.45. The van der Waals surface area contributed by atoms with Gasteiger partial charge in [-0.3, -0.25) is 4.90 Å². The van der Waals surface area contributed by atoms with E-state index in [1.807, 2.05) is 19.2 Å². The van der Waals surface area contributed by atoms with Gasteiger partial charge in [0.25, 0.3) is 0 Å². The van der Waals surface area contributed by atoms with E-state index in [4.69, 9.17) is 9.40 Å². The SMILES string of the molecule is CCN(CC)C(CC1CCC(C(C)(NC)c2ccc(F)cc2)CC1)c1nc(Cc2ccccc2)c(N2CCC(C)CC2)o1. The number of oxazole rings is 1. The molecule has 2 fully saturated rings. The van der Waals surface area contributed by atoms with Crippen LogP contribution in [0.4, 0.5) is 10.3 Å². The van der Waals surface area contributed by atoms with Gasteiger partial charge in [0.2, 0.25) is 11.8 Å². The third kappa shape index (κ3) is 7.34. The van der Waals surface area contributed by atoms with Crippen LogP contribution in [0.2, 0.25) is 0 Å². The first kappa shape index (κ1) is 31.7. The highest BCUT2D eigenvalue weighted by molar-refractivity contribution is 5.44. The fourth-order valence-corrected chi connectivity index (χ4v) is 7.61. The van der Waals surface area contributed by atoms with Crippen molar-refractivity contribution in [2.24, 2.45) is 17.8 Å². The number of hydrogen-bond donors (Lipinski definition) is 1. The van der Waals surface area contributed by atoms with Crippen LogP contribution in [0.3, 0.4) is 0 Å². The number of aromatic nitrogens is 1. The summed E-state index contributed by atoms with van der Waals surface area (Å²) in [6, 6.07) is 18.0. The van der Waals surface area contributed by atoms with E-state index >= 15 is 0 Å². The molecule has 6 heteroatoms. The van der Waals surface area contributed by atoms with Crippen LogP contribution in [0.5, 0.6) is 0 Å². The van der Waals surface area contributed by atoms with Crippen LogP contribution in [0.1, 0.15) is 101 Å². The van der Waals surface area contributed by atoms with Gasteiger partial charge in [0.1, 0.15) is 11.5 Å². The number of benzene rings is 2. The van der Waals surface area contributed by atoms with Gasteiger partial charge >= 0.3 is 0 Å². The first-order chi connectivity index (χ1) is 20.8. The fourth-order valence-electron chi connectivity index (χ4n) is 7.61. The monoisotopic (exact) mass is 588 g/mol. The lowest BCUT2D eigenvalue weighted by Gasteiger charge is -2.43. The molecule has 0 amide bonds. The molecule has 2 aliphatic rings. The Morgan fingerprint density at radius 1 is 0.977 bits per heavy atom. The van der Waals surface area contributed by atoms with Crippen molar-refractivity contribution >= 4 is 5.88 Å². The summed E-state index contributed by atoms with van der Waals surface area (Å²) in [6.07, 6.45) is 8.97. The third-order valence-electron chi connectivity index (χ3n) is 10.7. The minimum atomic E-state index is -0.176. The summed E-state index contributed by atoms with van der Waals surface area (Å²) in [4.78, 5) is 10.3. The Morgan fingerprint density at radius 2 is 1.63 bits per heavy atom. The molecule has 1 aliphatic carbocycles. The van der Waals surface area contributed by atoms with Crippen LogP contribution in [0.15, 0.2) is 59.0 Å². The lowest BCUT2D eigenvalue weighted by atomic mass is 9.69. The minimum Gasteiger partial charge on any atom is -0.423 e. The molecule has 3 aromatic rings. The lowest BCUT2D eigenvalue weighted by molar-refractivity contribution is 0.113. The summed E-state index contributed by atoms with van der Waals surface area (Å²) in [6.45, 7) is 13.2. The molecule has 1 saturated carbocycles. The van der Waals surface area contributed by atoms with Gasteiger partial charge < -0.3 is 14.6 Å². The van der Waals surface area contributed by atoms with Gasteiger partial charge in [-0.05, 0) is 100 Å². The van der Waals surface area contributed by atoms with Crippen molar-refractivity contribution < 1.29 is 8.81 Å². The molecule has 1 saturated heterocycles. The van der Waals surface area contributed by atoms with Crippen LogP contribution in [0, 0.1) is 23.6 Å². The minimum absolute atomic E-state index is 0.160. The molecule has 234 valence electrons. The maximum absolute atomic E-state index is 13.7. The molecule has 2 aromatic carbocycles. The van der Waals surface area contributed by atoms with Gasteiger partial charge in [-0.15, -0.1) is 0 Å². The largest absolute Gasteiger partial charge is 0.423 e. The Morgan fingerprint density at radius 3 is 2.23 bits per heavy atom. The van der Waals surface area contributed by atoms with E-state index in [9.17, 15) is 4.39 Å². The molecule has 5 rings (SSSR count). The zero-order valence-corrected chi connectivity index (χ0v) is 27.1. The molecule has 1 aromatic heterocycles. The quantitative estimate of drug-likeness (QED) is 0.230. The molecule has 2 atom stereocenters. The Hall–Kier alpha value is -2.70. The third-order valence-corrected chi connectivity index (χ3v) is 10.7. The van der Waals surface area contributed by atoms with E-state index in [1.54, 1.807) is 12.1 Å². The van der Waals surface area contributed by atoms with Gasteiger partial charge in [-0.1, -0.05) is 76.1 Å². The van der Waals surface area contributed by atoms with Crippen LogP contribution >= 0.6 is 0 Å². The number of nitrogens with zero attached hydrogens (tertiary/aromatic N) is 3. The second kappa shape index (κ2) is 14.4. The predicted molar refractivity (Wildman–Crippen MR) is 175 cm³/mol. The summed E-state index contributed by atoms with van der Waals surface area (Å²) < 4.78 is 20.5. The van der Waals surface area contributed by atoms with Crippen molar-refractivity contribution in [1.29, 1.82) is 0 Å². The fraction of sp³-hybridized carbons (Fsp3) is 0.595. The first-order valence-electron chi connectivity index (χ1n) is 16.8. The number of rotatable bonds is 12. The van der Waals surface area contributed by atoms with Gasteiger partial charge in [0.15, 0.2) is 0 Å². The zero-order chi connectivity index (χ0) is 30.4. The summed E-state index contributed by atoms with van der Waals surface area (Å²) in [5.74, 6) is 3.62. The van der Waals surface area contributed by atoms with E-state index in [0.717, 1.165) is 75.2 Å². The van der Waals surface area contributed by atoms with Crippen molar-refractivity contribution in [2.45, 2.75) is 90.6 Å². The molecule has 0 spiro atoms. The molecule has 1 N–H and O–H groups in total. The smallest absolute Gasteiger partial charge is 0.219 e. The Balaban J connectivity index is 1.35. The van der Waals surface area contributed by atoms with Crippen molar-refractivity contribution in [3.05, 3.63) is 83.1 Å². The predicted octanol–water partition coefficient (Wildman–Crippen LogP) is 8.36. The number of halogens is 1. The first-order valence-corrected chi connectivity index (χ1v) is 16.8. The topological polar surface area (TPSA) is 44.5 Å². The molecule has 0 radical (unpaired) electrons. The van der Waals surface area contributed by atoms with Gasteiger partial charge in [0, 0.05) is 25.0 Å². The van der Waals surface area contributed by atoms with Gasteiger partial charge in [-0.2, -0.15) is 0 Å². The highest BCUT2D eigenvalue weighted by atomic mass is 19.1. The van der Waals surface area contributed by atoms with Crippen molar-refractivity contribution in [3.63, 3.8) is 0 Å². The van der Waals surface area contributed by atoms with Crippen LogP contribution in [0.25, 0.3) is 0 Å². The van der Waals surface area contributed by atoms with Crippen LogP contribution in [-0.4, -0.2) is 43.1 Å². The number of nitrogens with one attached hydrogen (secondary N) is 1. The second-order valence-electron chi connectivity index (χ2n) is 13.3. The number of anilines is 1. The highest BCUT2D eigenvalue weighted by Crippen LogP contribution is 2.44. The molecule has 1 aliphatic heterocycles. The standard InChI is InChI=1S/C37H53FN4O/c1-6-41(7-2)34(26-29-13-15-30(16-14-29)37(4,39-5)31-17-19-32(38)20-18-31)35-40-33(25-28-11-9-8-10-12-28)36(43-35)42-23-21-27(3)22-24-42/h8-12,17-20,27,29-30,34,39H,6-7,13-16,21-26H2,1-5H3. The van der Waals surface area contributed by atoms with Crippen molar-refractivity contribution in [2.75, 3.05) is 38.1 Å². The maximum Gasteiger partial charge on any atom is 0.219 e. The van der Waals surface area contributed by atoms with E-state index in [-0.39, 0.29) is 17.4 Å². The highest BCUT2D eigenvalue weighted by Gasteiger charge is 2.38. The van der Waals surface area contributed by atoms with Gasteiger partial charge in [-0.25, -0.2) is 9.37 Å². The summed E-state index contributed by atoms with van der Waals surface area (Å²) in [5, 5.41) is 3.60. The van der Waals surface area contributed by atoms with E-state index < -0.39 is 0 Å². The van der Waals surface area contributed by atoms with E-state index in [2.05, 4.69) is 73.1 Å². The Labute approximate surface area is 259 Å². The average molecular weight is 589 g/mol. The second-order valence-corrected chi connectivity index (χ2v) is 13.3. The van der Waals surface area contributed by atoms with Crippen molar-refractivity contribution in [1.82, 2.24) is 15.2 Å². The maximum atomic E-state index is 13.7. The number of piperidine rings is 1. The molecule has 43 heavy (non-hydrogen) atoms. The molecular weight excluding hydrogens is 535 g/mol.